The summed E-state index contributed by atoms with van der Waals surface area (Å²) in [5, 5.41) is 2.41. The minimum absolute atomic E-state index is 0.669. The number of alkyl halides is 1. The van der Waals surface area contributed by atoms with Crippen molar-refractivity contribution in [1.29, 1.82) is 0 Å². The lowest BCUT2D eigenvalue weighted by atomic mass is 10.1. The van der Waals surface area contributed by atoms with E-state index in [2.05, 4.69) is 29.3 Å². The van der Waals surface area contributed by atoms with Gasteiger partial charge in [-0.2, -0.15) is 0 Å². The highest BCUT2D eigenvalue weighted by atomic mass is 35.5. The van der Waals surface area contributed by atoms with Gasteiger partial charge in [0.15, 0.2) is 0 Å². The van der Waals surface area contributed by atoms with Crippen LogP contribution in [0.5, 0.6) is 0 Å². The zero-order valence-corrected chi connectivity index (χ0v) is 9.11. The molecule has 1 heterocycles. The van der Waals surface area contributed by atoms with Crippen molar-refractivity contribution < 1.29 is 0 Å². The minimum atomic E-state index is 0.669. The molecule has 15 heavy (non-hydrogen) atoms. The van der Waals surface area contributed by atoms with Gasteiger partial charge in [0.2, 0.25) is 0 Å². The van der Waals surface area contributed by atoms with E-state index in [4.69, 9.17) is 11.6 Å². The lowest BCUT2D eigenvalue weighted by Crippen LogP contribution is -1.79. The van der Waals surface area contributed by atoms with Crippen LogP contribution in [0.4, 0.5) is 0 Å². The maximum atomic E-state index is 5.62. The molecule has 0 aliphatic rings. The Bertz CT molecular complexity index is 471. The first-order valence-electron chi connectivity index (χ1n) is 4.97. The number of benzene rings is 1. The van der Waals surface area contributed by atoms with Gasteiger partial charge in [0.1, 0.15) is 0 Å². The van der Waals surface area contributed by atoms with E-state index in [1.807, 2.05) is 24.5 Å². The van der Waals surface area contributed by atoms with Gasteiger partial charge in [-0.3, -0.25) is 4.98 Å². The summed E-state index contributed by atoms with van der Waals surface area (Å²) in [7, 11) is 0. The van der Waals surface area contributed by atoms with Crippen molar-refractivity contribution in [3.8, 4) is 0 Å². The first-order valence-corrected chi connectivity index (χ1v) is 5.50. The molecule has 0 atom stereocenters. The monoisotopic (exact) mass is 217 g/mol. The van der Waals surface area contributed by atoms with E-state index in [0.29, 0.717) is 5.88 Å². The van der Waals surface area contributed by atoms with E-state index in [-0.39, 0.29) is 0 Å². The molecule has 76 valence electrons. The molecule has 0 spiro atoms. The molecule has 2 aromatic rings. The van der Waals surface area contributed by atoms with Crippen molar-refractivity contribution in [3.63, 3.8) is 0 Å². The van der Waals surface area contributed by atoms with Crippen molar-refractivity contribution in [2.45, 2.75) is 6.42 Å². The van der Waals surface area contributed by atoms with Crippen molar-refractivity contribution in [1.82, 2.24) is 4.98 Å². The largest absolute Gasteiger partial charge is 0.264 e. The van der Waals surface area contributed by atoms with E-state index in [1.54, 1.807) is 0 Å². The number of pyridine rings is 1. The van der Waals surface area contributed by atoms with E-state index in [0.717, 1.165) is 6.42 Å². The third kappa shape index (κ3) is 2.37. The lowest BCUT2D eigenvalue weighted by molar-refractivity contribution is 1.24. The predicted octanol–water partition coefficient (Wildman–Crippen LogP) is 3.88. The molecule has 1 aromatic carbocycles. The summed E-state index contributed by atoms with van der Waals surface area (Å²) < 4.78 is 0. The molecule has 1 nitrogen and oxygen atoms in total. The summed E-state index contributed by atoms with van der Waals surface area (Å²) in [6, 6.07) is 8.26. The Balaban J connectivity index is 2.42. The SMILES string of the molecule is ClCCC=Cc1cccc2cnccc12. The zero-order chi connectivity index (χ0) is 10.5. The normalized spacial score (nSPS) is 11.3. The Morgan fingerprint density at radius 3 is 3.07 bits per heavy atom. The Morgan fingerprint density at radius 1 is 1.27 bits per heavy atom. The molecule has 2 rings (SSSR count). The summed E-state index contributed by atoms with van der Waals surface area (Å²) in [6.45, 7) is 0. The number of fused-ring (bicyclic) bond motifs is 1. The zero-order valence-electron chi connectivity index (χ0n) is 8.36. The summed E-state index contributed by atoms with van der Waals surface area (Å²) in [5.41, 5.74) is 1.22. The van der Waals surface area contributed by atoms with Crippen molar-refractivity contribution in [2.75, 3.05) is 5.88 Å². The van der Waals surface area contributed by atoms with Crippen LogP contribution in [0, 0.1) is 0 Å². The fourth-order valence-corrected chi connectivity index (χ4v) is 1.69. The molecule has 0 aliphatic carbocycles. The molecule has 2 heteroatoms. The maximum absolute atomic E-state index is 5.62. The second-order valence-electron chi connectivity index (χ2n) is 3.32. The van der Waals surface area contributed by atoms with E-state index in [9.17, 15) is 0 Å². The Hall–Kier alpha value is -1.34. The van der Waals surface area contributed by atoms with Crippen LogP contribution >= 0.6 is 11.6 Å². The molecule has 0 N–H and O–H groups in total. The van der Waals surface area contributed by atoms with Crippen LogP contribution in [0.2, 0.25) is 0 Å². The molecule has 0 unspecified atom stereocenters. The Labute approximate surface area is 94.4 Å². The third-order valence-electron chi connectivity index (χ3n) is 2.29. The number of rotatable bonds is 3. The van der Waals surface area contributed by atoms with Crippen LogP contribution in [0.15, 0.2) is 42.7 Å². The molecule has 1 aromatic heterocycles. The smallest absolute Gasteiger partial charge is 0.0346 e. The standard InChI is InChI=1S/C13H12ClN/c14-8-2-1-4-11-5-3-6-12-10-15-9-7-13(11)12/h1,3-7,9-10H,2,8H2. The van der Waals surface area contributed by atoms with Crippen LogP contribution in [0.3, 0.4) is 0 Å². The van der Waals surface area contributed by atoms with Crippen LogP contribution in [0.1, 0.15) is 12.0 Å². The van der Waals surface area contributed by atoms with Crippen molar-refractivity contribution in [3.05, 3.63) is 48.3 Å². The highest BCUT2D eigenvalue weighted by molar-refractivity contribution is 6.17. The number of aromatic nitrogens is 1. The molecule has 0 radical (unpaired) electrons. The number of allylic oxidation sites excluding steroid dienone is 1. The average Bonchev–Trinajstić information content (AvgIpc) is 2.30. The van der Waals surface area contributed by atoms with Gasteiger partial charge in [0.05, 0.1) is 0 Å². The van der Waals surface area contributed by atoms with Gasteiger partial charge in [-0.05, 0) is 23.4 Å². The molecule has 0 fully saturated rings. The highest BCUT2D eigenvalue weighted by Gasteiger charge is 1.95. The van der Waals surface area contributed by atoms with Crippen LogP contribution in [-0.2, 0) is 0 Å². The fraction of sp³-hybridized carbons (Fsp3) is 0.154. The number of hydrogen-bond acceptors (Lipinski definition) is 1. The molecule has 0 aliphatic heterocycles. The Morgan fingerprint density at radius 2 is 2.20 bits per heavy atom. The number of nitrogens with zero attached hydrogens (tertiary/aromatic N) is 1. The van der Waals surface area contributed by atoms with Gasteiger partial charge in [-0.15, -0.1) is 11.6 Å². The predicted molar refractivity (Wildman–Crippen MR) is 66.1 cm³/mol. The molecule has 0 bridgehead atoms. The Kier molecular flexibility index (Phi) is 3.36. The minimum Gasteiger partial charge on any atom is -0.264 e. The van der Waals surface area contributed by atoms with Gasteiger partial charge in [0.25, 0.3) is 0 Å². The summed E-state index contributed by atoms with van der Waals surface area (Å²) in [6.07, 6.45) is 8.82. The van der Waals surface area contributed by atoms with Crippen LogP contribution < -0.4 is 0 Å². The fourth-order valence-electron chi connectivity index (χ4n) is 1.57. The molecule has 0 saturated heterocycles. The average molecular weight is 218 g/mol. The molecule has 0 amide bonds. The summed E-state index contributed by atoms with van der Waals surface area (Å²) in [5.74, 6) is 0.669. The lowest BCUT2D eigenvalue weighted by Gasteiger charge is -2.00. The van der Waals surface area contributed by atoms with E-state index >= 15 is 0 Å². The molecular weight excluding hydrogens is 206 g/mol. The first kappa shape index (κ1) is 10.2. The van der Waals surface area contributed by atoms with Gasteiger partial charge >= 0.3 is 0 Å². The van der Waals surface area contributed by atoms with Crippen LogP contribution in [0.25, 0.3) is 16.8 Å². The van der Waals surface area contributed by atoms with Gasteiger partial charge in [0, 0.05) is 23.7 Å². The van der Waals surface area contributed by atoms with Gasteiger partial charge < -0.3 is 0 Å². The second-order valence-corrected chi connectivity index (χ2v) is 3.70. The van der Waals surface area contributed by atoms with Crippen molar-refractivity contribution >= 4 is 28.4 Å². The maximum Gasteiger partial charge on any atom is 0.0346 e. The second kappa shape index (κ2) is 4.94. The van der Waals surface area contributed by atoms with Crippen LogP contribution in [-0.4, -0.2) is 10.9 Å². The summed E-state index contributed by atoms with van der Waals surface area (Å²) >= 11 is 5.62. The molecule has 0 saturated carbocycles. The van der Waals surface area contributed by atoms with Gasteiger partial charge in [-0.1, -0.05) is 30.4 Å². The number of halogens is 1. The van der Waals surface area contributed by atoms with Crippen molar-refractivity contribution in [2.24, 2.45) is 0 Å². The molecular formula is C13H12ClN. The quantitative estimate of drug-likeness (QED) is 0.712. The third-order valence-corrected chi connectivity index (χ3v) is 2.51. The first-order chi connectivity index (χ1) is 7.42. The van der Waals surface area contributed by atoms with E-state index in [1.165, 1.54) is 16.3 Å². The number of hydrogen-bond donors (Lipinski definition) is 0. The summed E-state index contributed by atoms with van der Waals surface area (Å²) in [4.78, 5) is 4.11. The highest BCUT2D eigenvalue weighted by Crippen LogP contribution is 2.18. The van der Waals surface area contributed by atoms with E-state index < -0.39 is 0 Å². The van der Waals surface area contributed by atoms with Gasteiger partial charge in [-0.25, -0.2) is 0 Å². The topological polar surface area (TPSA) is 12.9 Å².